The molecule has 1 fully saturated rings. The lowest BCUT2D eigenvalue weighted by molar-refractivity contribution is 0.0896. The molecular formula is C18H30N2O. The second-order valence-corrected chi connectivity index (χ2v) is 6.63. The highest BCUT2D eigenvalue weighted by molar-refractivity contribution is 5.25. The third-order valence-electron chi connectivity index (χ3n) is 4.72. The lowest BCUT2D eigenvalue weighted by Crippen LogP contribution is -2.47. The summed E-state index contributed by atoms with van der Waals surface area (Å²) >= 11 is 0. The van der Waals surface area contributed by atoms with Crippen molar-refractivity contribution in [1.29, 1.82) is 0 Å². The van der Waals surface area contributed by atoms with Crippen LogP contribution in [0.25, 0.3) is 0 Å². The van der Waals surface area contributed by atoms with Gasteiger partial charge in [-0.15, -0.1) is 0 Å². The Hall–Kier alpha value is -0.900. The van der Waals surface area contributed by atoms with Crippen LogP contribution in [-0.2, 0) is 10.2 Å². The van der Waals surface area contributed by atoms with Crippen LogP contribution >= 0.6 is 0 Å². The van der Waals surface area contributed by atoms with Gasteiger partial charge >= 0.3 is 0 Å². The van der Waals surface area contributed by atoms with E-state index in [1.807, 2.05) is 14.2 Å². The number of likely N-dealkylation sites (N-methyl/N-ethyl adjacent to an activating group) is 1. The Morgan fingerprint density at radius 2 is 1.90 bits per heavy atom. The summed E-state index contributed by atoms with van der Waals surface area (Å²) in [5, 5.41) is 3.38. The highest BCUT2D eigenvalue weighted by atomic mass is 16.5. The van der Waals surface area contributed by atoms with Crippen LogP contribution in [0.1, 0.15) is 25.3 Å². The Morgan fingerprint density at radius 1 is 1.24 bits per heavy atom. The Labute approximate surface area is 129 Å². The third-order valence-corrected chi connectivity index (χ3v) is 4.72. The number of nitrogens with one attached hydrogen (secondary N) is 1. The van der Waals surface area contributed by atoms with Crippen LogP contribution in [0, 0.1) is 5.92 Å². The first-order valence-electron chi connectivity index (χ1n) is 8.09. The molecule has 0 radical (unpaired) electrons. The molecule has 2 rings (SSSR count). The average Bonchev–Trinajstić information content (AvgIpc) is 2.51. The SMILES string of the molecule is CNCC(C)(CN1CCC(COC)CC1)c1ccccc1. The highest BCUT2D eigenvalue weighted by Crippen LogP contribution is 2.27. The van der Waals surface area contributed by atoms with Crippen LogP contribution in [0.2, 0.25) is 0 Å². The van der Waals surface area contributed by atoms with E-state index in [0.29, 0.717) is 0 Å². The lowest BCUT2D eigenvalue weighted by Gasteiger charge is -2.39. The van der Waals surface area contributed by atoms with E-state index in [0.717, 1.165) is 25.6 Å². The second-order valence-electron chi connectivity index (χ2n) is 6.63. The fourth-order valence-corrected chi connectivity index (χ4v) is 3.52. The van der Waals surface area contributed by atoms with Crippen molar-refractivity contribution >= 4 is 0 Å². The lowest BCUT2D eigenvalue weighted by atomic mass is 9.81. The quantitative estimate of drug-likeness (QED) is 0.835. The molecule has 1 atom stereocenters. The van der Waals surface area contributed by atoms with E-state index in [1.165, 1.54) is 31.5 Å². The monoisotopic (exact) mass is 290 g/mol. The summed E-state index contributed by atoms with van der Waals surface area (Å²) in [7, 11) is 3.86. The number of likely N-dealkylation sites (tertiary alicyclic amines) is 1. The topological polar surface area (TPSA) is 24.5 Å². The minimum Gasteiger partial charge on any atom is -0.384 e. The number of benzene rings is 1. The van der Waals surface area contributed by atoms with Gasteiger partial charge in [-0.1, -0.05) is 37.3 Å². The predicted octanol–water partition coefficient (Wildman–Crippen LogP) is 2.52. The van der Waals surface area contributed by atoms with Crippen LogP contribution in [0.3, 0.4) is 0 Å². The first-order valence-corrected chi connectivity index (χ1v) is 8.09. The third kappa shape index (κ3) is 4.53. The maximum absolute atomic E-state index is 5.30. The molecule has 0 aromatic heterocycles. The molecule has 0 spiro atoms. The molecule has 0 saturated carbocycles. The van der Waals surface area contributed by atoms with Gasteiger partial charge < -0.3 is 15.0 Å². The van der Waals surface area contributed by atoms with Crippen molar-refractivity contribution in [2.45, 2.75) is 25.2 Å². The van der Waals surface area contributed by atoms with Crippen molar-refractivity contribution in [3.63, 3.8) is 0 Å². The molecule has 3 nitrogen and oxygen atoms in total. The van der Waals surface area contributed by atoms with Crippen molar-refractivity contribution < 1.29 is 4.74 Å². The predicted molar refractivity (Wildman–Crippen MR) is 88.8 cm³/mol. The zero-order chi connectivity index (χ0) is 15.1. The van der Waals surface area contributed by atoms with Gasteiger partial charge in [-0.2, -0.15) is 0 Å². The van der Waals surface area contributed by atoms with E-state index in [4.69, 9.17) is 4.74 Å². The Bertz CT molecular complexity index is 401. The molecule has 1 N–H and O–H groups in total. The van der Waals surface area contributed by atoms with Crippen LogP contribution in [0.5, 0.6) is 0 Å². The minimum absolute atomic E-state index is 0.171. The average molecular weight is 290 g/mol. The Kier molecular flexibility index (Phi) is 6.22. The molecule has 118 valence electrons. The molecule has 1 aromatic carbocycles. The smallest absolute Gasteiger partial charge is 0.0491 e. The molecule has 0 bridgehead atoms. The Morgan fingerprint density at radius 3 is 2.48 bits per heavy atom. The molecule has 0 aliphatic carbocycles. The van der Waals surface area contributed by atoms with Gasteiger partial charge in [0, 0.05) is 32.2 Å². The normalized spacial score (nSPS) is 20.3. The summed E-state index contributed by atoms with van der Waals surface area (Å²) in [5.41, 5.74) is 1.60. The Balaban J connectivity index is 1.98. The summed E-state index contributed by atoms with van der Waals surface area (Å²) in [6.45, 7) is 7.81. The van der Waals surface area contributed by atoms with Gasteiger partial charge in [0.05, 0.1) is 0 Å². The first-order chi connectivity index (χ1) is 10.2. The summed E-state index contributed by atoms with van der Waals surface area (Å²) in [4.78, 5) is 2.62. The highest BCUT2D eigenvalue weighted by Gasteiger charge is 2.30. The number of rotatable bonds is 7. The maximum atomic E-state index is 5.30. The molecule has 1 unspecified atom stereocenters. The van der Waals surface area contributed by atoms with Crippen molar-refractivity contribution in [2.75, 3.05) is 46.9 Å². The van der Waals surface area contributed by atoms with Gasteiger partial charge in [-0.05, 0) is 44.5 Å². The molecule has 1 saturated heterocycles. The fraction of sp³-hybridized carbons (Fsp3) is 0.667. The van der Waals surface area contributed by atoms with E-state index < -0.39 is 0 Å². The first kappa shape index (κ1) is 16.5. The standard InChI is InChI=1S/C18H30N2O/c1-18(14-19-2,17-7-5-4-6-8-17)15-20-11-9-16(10-12-20)13-21-3/h4-8,16,19H,9-15H2,1-3H3. The van der Waals surface area contributed by atoms with E-state index in [2.05, 4.69) is 47.5 Å². The zero-order valence-electron chi connectivity index (χ0n) is 13.8. The van der Waals surface area contributed by atoms with Gasteiger partial charge in [-0.3, -0.25) is 0 Å². The summed E-state index contributed by atoms with van der Waals surface area (Å²) < 4.78 is 5.30. The largest absolute Gasteiger partial charge is 0.384 e. The number of hydrogen-bond donors (Lipinski definition) is 1. The maximum Gasteiger partial charge on any atom is 0.0491 e. The van der Waals surface area contributed by atoms with Crippen molar-refractivity contribution in [3.05, 3.63) is 35.9 Å². The van der Waals surface area contributed by atoms with E-state index >= 15 is 0 Å². The van der Waals surface area contributed by atoms with Crippen molar-refractivity contribution in [2.24, 2.45) is 5.92 Å². The van der Waals surface area contributed by atoms with Crippen molar-refractivity contribution in [1.82, 2.24) is 10.2 Å². The molecule has 21 heavy (non-hydrogen) atoms. The van der Waals surface area contributed by atoms with Gasteiger partial charge in [0.1, 0.15) is 0 Å². The number of hydrogen-bond acceptors (Lipinski definition) is 3. The minimum atomic E-state index is 0.171. The molecular weight excluding hydrogens is 260 g/mol. The summed E-state index contributed by atoms with van der Waals surface area (Å²) in [5.74, 6) is 0.749. The molecule has 1 aliphatic rings. The number of piperidine rings is 1. The fourth-order valence-electron chi connectivity index (χ4n) is 3.52. The number of ether oxygens (including phenoxy) is 1. The molecule has 1 heterocycles. The number of nitrogens with zero attached hydrogens (tertiary/aromatic N) is 1. The second kappa shape index (κ2) is 7.92. The van der Waals surface area contributed by atoms with E-state index in [-0.39, 0.29) is 5.41 Å². The van der Waals surface area contributed by atoms with Crippen LogP contribution < -0.4 is 5.32 Å². The van der Waals surface area contributed by atoms with Crippen LogP contribution in [0.4, 0.5) is 0 Å². The van der Waals surface area contributed by atoms with Gasteiger partial charge in [0.2, 0.25) is 0 Å². The van der Waals surface area contributed by atoms with Gasteiger partial charge in [0.25, 0.3) is 0 Å². The van der Waals surface area contributed by atoms with Crippen molar-refractivity contribution in [3.8, 4) is 0 Å². The van der Waals surface area contributed by atoms with Gasteiger partial charge in [0.15, 0.2) is 0 Å². The van der Waals surface area contributed by atoms with E-state index in [9.17, 15) is 0 Å². The van der Waals surface area contributed by atoms with E-state index in [1.54, 1.807) is 0 Å². The zero-order valence-corrected chi connectivity index (χ0v) is 13.8. The molecule has 1 aromatic rings. The number of methoxy groups -OCH3 is 1. The van der Waals surface area contributed by atoms with Crippen LogP contribution in [0.15, 0.2) is 30.3 Å². The van der Waals surface area contributed by atoms with Gasteiger partial charge in [-0.25, -0.2) is 0 Å². The summed E-state index contributed by atoms with van der Waals surface area (Å²) in [6.07, 6.45) is 2.52. The molecule has 3 heteroatoms. The molecule has 0 amide bonds. The summed E-state index contributed by atoms with van der Waals surface area (Å²) in [6, 6.07) is 10.9. The molecule has 1 aliphatic heterocycles. The van der Waals surface area contributed by atoms with Crippen LogP contribution in [-0.4, -0.2) is 51.8 Å².